The molecule has 0 unspecified atom stereocenters. The van der Waals surface area contributed by atoms with Crippen LogP contribution in [0, 0.1) is 5.82 Å². The first-order valence-electron chi connectivity index (χ1n) is 10.8. The Morgan fingerprint density at radius 3 is 2.63 bits per heavy atom. The van der Waals surface area contributed by atoms with Gasteiger partial charge in [-0.25, -0.2) is 9.07 Å². The molecule has 2 aromatic carbocycles. The van der Waals surface area contributed by atoms with Crippen LogP contribution in [0.2, 0.25) is 0 Å². The minimum absolute atomic E-state index is 0.358. The van der Waals surface area contributed by atoms with Crippen LogP contribution in [0.4, 0.5) is 16.0 Å². The summed E-state index contributed by atoms with van der Waals surface area (Å²) >= 11 is 1.53. The predicted molar refractivity (Wildman–Crippen MR) is 132 cm³/mol. The zero-order valence-corrected chi connectivity index (χ0v) is 20.0. The van der Waals surface area contributed by atoms with Crippen LogP contribution in [-0.2, 0) is 4.79 Å². The molecule has 4 aromatic rings. The number of hydrogen-bond acceptors (Lipinski definition) is 7. The largest absolute Gasteiger partial charge is 0.497 e. The van der Waals surface area contributed by atoms with Gasteiger partial charge in [0.05, 0.1) is 24.7 Å². The van der Waals surface area contributed by atoms with Gasteiger partial charge in [0.25, 0.3) is 5.91 Å². The van der Waals surface area contributed by atoms with Crippen LogP contribution in [0.5, 0.6) is 11.5 Å². The summed E-state index contributed by atoms with van der Waals surface area (Å²) in [6, 6.07) is 14.3. The first-order valence-corrected chi connectivity index (χ1v) is 11.6. The number of fused-ring (bicyclic) bond motifs is 1. The summed E-state index contributed by atoms with van der Waals surface area (Å²) in [6.07, 6.45) is 0. The van der Waals surface area contributed by atoms with Crippen molar-refractivity contribution in [2.45, 2.75) is 13.0 Å². The minimum Gasteiger partial charge on any atom is -0.497 e. The summed E-state index contributed by atoms with van der Waals surface area (Å²) < 4.78 is 26.1. The third-order valence-electron chi connectivity index (χ3n) is 5.68. The number of carbonyl (C=O) groups excluding carboxylic acids is 1. The molecule has 5 rings (SSSR count). The predicted octanol–water partition coefficient (Wildman–Crippen LogP) is 5.09. The molecule has 1 atom stereocenters. The molecule has 0 aliphatic carbocycles. The molecule has 0 spiro atoms. The second-order valence-electron chi connectivity index (χ2n) is 7.82. The van der Waals surface area contributed by atoms with E-state index < -0.39 is 6.04 Å². The summed E-state index contributed by atoms with van der Waals surface area (Å²) in [7, 11) is 3.14. The van der Waals surface area contributed by atoms with Crippen molar-refractivity contribution in [3.63, 3.8) is 0 Å². The second kappa shape index (κ2) is 9.22. The van der Waals surface area contributed by atoms with Crippen LogP contribution in [0.25, 0.3) is 10.7 Å². The lowest BCUT2D eigenvalue weighted by molar-refractivity contribution is -0.113. The number of nitrogens with one attached hydrogen (secondary N) is 2. The Kier molecular flexibility index (Phi) is 5.96. The van der Waals surface area contributed by atoms with Gasteiger partial charge in [-0.1, -0.05) is 6.07 Å². The average Bonchev–Trinajstić information content (AvgIpc) is 3.54. The number of amides is 1. The highest BCUT2D eigenvalue weighted by atomic mass is 32.1. The molecule has 0 saturated carbocycles. The molecule has 0 radical (unpaired) electrons. The van der Waals surface area contributed by atoms with Crippen LogP contribution in [0.15, 0.2) is 71.2 Å². The number of halogens is 1. The molecule has 2 aromatic heterocycles. The van der Waals surface area contributed by atoms with Gasteiger partial charge in [0.15, 0.2) is 5.82 Å². The van der Waals surface area contributed by atoms with E-state index in [-0.39, 0.29) is 11.7 Å². The smallest absolute Gasteiger partial charge is 0.255 e. The van der Waals surface area contributed by atoms with E-state index in [0.717, 1.165) is 4.88 Å². The van der Waals surface area contributed by atoms with Crippen LogP contribution >= 0.6 is 11.3 Å². The summed E-state index contributed by atoms with van der Waals surface area (Å²) in [5.41, 5.74) is 2.22. The van der Waals surface area contributed by atoms with E-state index in [0.29, 0.717) is 45.8 Å². The lowest BCUT2D eigenvalue weighted by Gasteiger charge is -2.29. The number of benzene rings is 2. The van der Waals surface area contributed by atoms with Crippen molar-refractivity contribution in [3.8, 4) is 22.2 Å². The van der Waals surface area contributed by atoms with E-state index >= 15 is 0 Å². The van der Waals surface area contributed by atoms with Crippen molar-refractivity contribution in [1.82, 2.24) is 14.8 Å². The maximum atomic E-state index is 13.6. The van der Waals surface area contributed by atoms with Gasteiger partial charge in [-0.2, -0.15) is 4.98 Å². The van der Waals surface area contributed by atoms with E-state index in [1.54, 1.807) is 25.0 Å². The van der Waals surface area contributed by atoms with Gasteiger partial charge in [-0.3, -0.25) is 4.79 Å². The van der Waals surface area contributed by atoms with Crippen molar-refractivity contribution in [2.24, 2.45) is 0 Å². The number of nitrogens with zero attached hydrogens (tertiary/aromatic N) is 3. The third kappa shape index (κ3) is 4.24. The van der Waals surface area contributed by atoms with Gasteiger partial charge in [0.2, 0.25) is 5.95 Å². The first kappa shape index (κ1) is 22.6. The standard InChI is InChI=1S/C25H22FN5O3S/c1-14-21(24(32)28-16-8-6-15(26)7-9-16)22(18-11-10-17(33-2)13-19(18)34-3)31-25(27-14)29-23(30-31)20-5-4-12-35-20/h4-13,22H,1-3H3,(H,28,32)(H,27,29,30)/t22-/m0/s1. The number of rotatable bonds is 6. The molecule has 2 N–H and O–H groups in total. The van der Waals surface area contributed by atoms with Crippen LogP contribution < -0.4 is 20.1 Å². The van der Waals surface area contributed by atoms with E-state index in [2.05, 4.69) is 15.6 Å². The topological polar surface area (TPSA) is 90.3 Å². The van der Waals surface area contributed by atoms with Gasteiger partial charge < -0.3 is 20.1 Å². The Labute approximate surface area is 205 Å². The molecule has 0 saturated heterocycles. The Morgan fingerprint density at radius 2 is 1.94 bits per heavy atom. The number of methoxy groups -OCH3 is 2. The van der Waals surface area contributed by atoms with Crippen LogP contribution in [0.3, 0.4) is 0 Å². The molecule has 1 aliphatic rings. The molecule has 1 amide bonds. The molecule has 3 heterocycles. The molecule has 10 heteroatoms. The fourth-order valence-corrected chi connectivity index (χ4v) is 4.67. The molecule has 8 nitrogen and oxygen atoms in total. The Balaban J connectivity index is 1.63. The van der Waals surface area contributed by atoms with E-state index in [1.165, 1.54) is 35.6 Å². The highest BCUT2D eigenvalue weighted by Gasteiger charge is 2.36. The summed E-state index contributed by atoms with van der Waals surface area (Å²) in [6.45, 7) is 1.81. The van der Waals surface area contributed by atoms with Gasteiger partial charge in [0.1, 0.15) is 23.4 Å². The average molecular weight is 492 g/mol. The Hall–Kier alpha value is -4.18. The summed E-state index contributed by atoms with van der Waals surface area (Å²) in [5, 5.41) is 12.8. The van der Waals surface area contributed by atoms with E-state index in [4.69, 9.17) is 14.6 Å². The van der Waals surface area contributed by atoms with Crippen molar-refractivity contribution in [2.75, 3.05) is 24.9 Å². The van der Waals surface area contributed by atoms with Crippen molar-refractivity contribution < 1.29 is 18.7 Å². The van der Waals surface area contributed by atoms with Crippen LogP contribution in [-0.4, -0.2) is 34.9 Å². The van der Waals surface area contributed by atoms with Crippen LogP contribution in [0.1, 0.15) is 18.5 Å². The first-order chi connectivity index (χ1) is 17.0. The van der Waals surface area contributed by atoms with Gasteiger partial charge in [-0.05, 0) is 54.8 Å². The van der Waals surface area contributed by atoms with Crippen molar-refractivity contribution in [3.05, 3.63) is 82.6 Å². The molecular formula is C25H22FN5O3S. The third-order valence-corrected chi connectivity index (χ3v) is 6.54. The number of hydrogen-bond donors (Lipinski definition) is 2. The van der Waals surface area contributed by atoms with Crippen molar-refractivity contribution in [1.29, 1.82) is 0 Å². The molecule has 0 bridgehead atoms. The maximum Gasteiger partial charge on any atom is 0.255 e. The molecule has 1 aliphatic heterocycles. The fraction of sp³-hybridized carbons (Fsp3) is 0.160. The highest BCUT2D eigenvalue weighted by molar-refractivity contribution is 7.13. The number of thiophene rings is 1. The lowest BCUT2D eigenvalue weighted by atomic mass is 9.94. The second-order valence-corrected chi connectivity index (χ2v) is 8.76. The zero-order valence-electron chi connectivity index (χ0n) is 19.2. The summed E-state index contributed by atoms with van der Waals surface area (Å²) in [5.74, 6) is 1.47. The number of anilines is 2. The number of allylic oxidation sites excluding steroid dienone is 1. The zero-order chi connectivity index (χ0) is 24.5. The number of aromatic nitrogens is 3. The Morgan fingerprint density at radius 1 is 1.14 bits per heavy atom. The maximum absolute atomic E-state index is 13.6. The summed E-state index contributed by atoms with van der Waals surface area (Å²) in [4.78, 5) is 19.2. The molecule has 0 fully saturated rings. The molecule has 178 valence electrons. The fourth-order valence-electron chi connectivity index (χ4n) is 4.02. The van der Waals surface area contributed by atoms with Crippen molar-refractivity contribution >= 4 is 28.9 Å². The molecule has 35 heavy (non-hydrogen) atoms. The molecular weight excluding hydrogens is 469 g/mol. The lowest BCUT2D eigenvalue weighted by Crippen LogP contribution is -2.31. The van der Waals surface area contributed by atoms with Gasteiger partial charge >= 0.3 is 0 Å². The monoisotopic (exact) mass is 491 g/mol. The SMILES string of the molecule is COc1ccc([C@H]2C(C(=O)Nc3ccc(F)cc3)=C(C)Nc3nc(-c4cccs4)nn32)c(OC)c1. The number of carbonyl (C=O) groups is 1. The number of ether oxygens (including phenoxy) is 2. The van der Waals surface area contributed by atoms with E-state index in [9.17, 15) is 9.18 Å². The minimum atomic E-state index is -0.645. The normalized spacial score (nSPS) is 14.8. The quantitative estimate of drug-likeness (QED) is 0.391. The van der Waals surface area contributed by atoms with Gasteiger partial charge in [0, 0.05) is 23.0 Å². The van der Waals surface area contributed by atoms with E-state index in [1.807, 2.05) is 36.6 Å². The Bertz CT molecular complexity index is 1410. The van der Waals surface area contributed by atoms with Gasteiger partial charge in [-0.15, -0.1) is 16.4 Å². The highest BCUT2D eigenvalue weighted by Crippen LogP contribution is 2.41.